The molecule has 1 aromatic rings. The summed E-state index contributed by atoms with van der Waals surface area (Å²) in [6.45, 7) is 0. The van der Waals surface area contributed by atoms with Crippen LogP contribution < -0.4 is 0 Å². The average molecular weight is 332 g/mol. The fourth-order valence-corrected chi connectivity index (χ4v) is 3.58. The van der Waals surface area contributed by atoms with Gasteiger partial charge in [0.2, 0.25) is 0 Å². The molecular formula is C10H13ClF3N3O2S. The molecule has 2 rings (SSSR count). The second-order valence-corrected chi connectivity index (χ2v) is 7.40. The summed E-state index contributed by atoms with van der Waals surface area (Å²) in [4.78, 5) is 0. The number of rotatable bonds is 2. The molecule has 1 fully saturated rings. The first kappa shape index (κ1) is 15.6. The summed E-state index contributed by atoms with van der Waals surface area (Å²) in [5.41, 5.74) is 0. The summed E-state index contributed by atoms with van der Waals surface area (Å²) in [6.07, 6.45) is -3.29. The summed E-state index contributed by atoms with van der Waals surface area (Å²) in [5.74, 6) is -1.60. The predicted octanol–water partition coefficient (Wildman–Crippen LogP) is 2.58. The van der Waals surface area contributed by atoms with Gasteiger partial charge in [-0.1, -0.05) is 6.42 Å². The number of halogens is 4. The first-order valence-corrected chi connectivity index (χ1v) is 8.32. The molecule has 0 N–H and O–H groups in total. The largest absolute Gasteiger partial charge is 0.391 e. The summed E-state index contributed by atoms with van der Waals surface area (Å²) in [7, 11) is 2.52. The normalized spacial score (nSPS) is 24.9. The molecule has 0 aromatic carbocycles. The lowest BCUT2D eigenvalue weighted by molar-refractivity contribution is -0.183. The lowest BCUT2D eigenvalue weighted by atomic mass is 9.80. The van der Waals surface area contributed by atoms with E-state index in [0.717, 1.165) is 4.57 Å². The van der Waals surface area contributed by atoms with Gasteiger partial charge in [0, 0.05) is 23.6 Å². The summed E-state index contributed by atoms with van der Waals surface area (Å²) < 4.78 is 61.9. The Morgan fingerprint density at radius 1 is 1.30 bits per heavy atom. The molecule has 0 aliphatic heterocycles. The van der Waals surface area contributed by atoms with E-state index in [9.17, 15) is 21.6 Å². The quantitative estimate of drug-likeness (QED) is 0.781. The van der Waals surface area contributed by atoms with Crippen LogP contribution in [-0.4, -0.2) is 29.4 Å². The van der Waals surface area contributed by atoms with Crippen LogP contribution in [0.3, 0.4) is 0 Å². The highest BCUT2D eigenvalue weighted by Gasteiger charge is 2.43. The second-order valence-electron chi connectivity index (χ2n) is 4.94. The molecule has 1 aliphatic rings. The highest BCUT2D eigenvalue weighted by atomic mass is 35.7. The van der Waals surface area contributed by atoms with E-state index < -0.39 is 32.2 Å². The van der Waals surface area contributed by atoms with E-state index in [4.69, 9.17) is 10.7 Å². The fraction of sp³-hybridized carbons (Fsp3) is 0.800. The monoisotopic (exact) mass is 331 g/mol. The lowest BCUT2D eigenvalue weighted by Crippen LogP contribution is -2.29. The Labute approximate surface area is 118 Å². The summed E-state index contributed by atoms with van der Waals surface area (Å²) >= 11 is 0. The van der Waals surface area contributed by atoms with Crippen LogP contribution in [0, 0.1) is 5.92 Å². The first-order chi connectivity index (χ1) is 9.10. The molecule has 0 saturated heterocycles. The van der Waals surface area contributed by atoms with E-state index in [0.29, 0.717) is 12.8 Å². The van der Waals surface area contributed by atoms with Gasteiger partial charge in [-0.25, -0.2) is 8.42 Å². The summed E-state index contributed by atoms with van der Waals surface area (Å²) in [6, 6.07) is 0. The van der Waals surface area contributed by atoms with E-state index in [2.05, 4.69) is 10.2 Å². The van der Waals surface area contributed by atoms with E-state index in [1.165, 1.54) is 7.05 Å². The molecular weight excluding hydrogens is 319 g/mol. The van der Waals surface area contributed by atoms with E-state index in [-0.39, 0.29) is 18.7 Å². The van der Waals surface area contributed by atoms with Crippen molar-refractivity contribution in [2.45, 2.75) is 42.9 Å². The molecule has 0 bridgehead atoms. The minimum atomic E-state index is -4.24. The molecule has 5 nitrogen and oxygen atoms in total. The van der Waals surface area contributed by atoms with Crippen molar-refractivity contribution in [3.05, 3.63) is 5.82 Å². The zero-order chi connectivity index (χ0) is 15.1. The minimum Gasteiger partial charge on any atom is -0.304 e. The van der Waals surface area contributed by atoms with Gasteiger partial charge in [0.15, 0.2) is 0 Å². The zero-order valence-corrected chi connectivity index (χ0v) is 12.1. The Morgan fingerprint density at radius 2 is 1.95 bits per heavy atom. The van der Waals surface area contributed by atoms with Crippen molar-refractivity contribution in [1.29, 1.82) is 0 Å². The average Bonchev–Trinajstić information content (AvgIpc) is 2.70. The number of hydrogen-bond donors (Lipinski definition) is 0. The highest BCUT2D eigenvalue weighted by Crippen LogP contribution is 2.43. The molecule has 20 heavy (non-hydrogen) atoms. The molecule has 0 spiro atoms. The van der Waals surface area contributed by atoms with Gasteiger partial charge in [-0.2, -0.15) is 13.2 Å². The van der Waals surface area contributed by atoms with Crippen LogP contribution >= 0.6 is 10.7 Å². The van der Waals surface area contributed by atoms with Crippen molar-refractivity contribution in [3.63, 3.8) is 0 Å². The second kappa shape index (κ2) is 5.18. The first-order valence-electron chi connectivity index (χ1n) is 6.01. The summed E-state index contributed by atoms with van der Waals surface area (Å²) in [5, 5.41) is 6.72. The van der Waals surface area contributed by atoms with Gasteiger partial charge < -0.3 is 4.57 Å². The van der Waals surface area contributed by atoms with Gasteiger partial charge in [-0.05, 0) is 19.3 Å². The van der Waals surface area contributed by atoms with Gasteiger partial charge >= 0.3 is 6.18 Å². The number of hydrogen-bond acceptors (Lipinski definition) is 4. The van der Waals surface area contributed by atoms with Crippen LogP contribution in [0.5, 0.6) is 0 Å². The van der Waals surface area contributed by atoms with Crippen molar-refractivity contribution in [2.24, 2.45) is 13.0 Å². The van der Waals surface area contributed by atoms with Crippen LogP contribution in [0.2, 0.25) is 0 Å². The van der Waals surface area contributed by atoms with Crippen molar-refractivity contribution in [2.75, 3.05) is 0 Å². The van der Waals surface area contributed by atoms with Gasteiger partial charge in [-0.15, -0.1) is 10.2 Å². The Balaban J connectivity index is 2.27. The van der Waals surface area contributed by atoms with Crippen LogP contribution in [0.15, 0.2) is 5.16 Å². The maximum absolute atomic E-state index is 12.8. The molecule has 10 heteroatoms. The molecule has 1 aliphatic carbocycles. The third kappa shape index (κ3) is 3.08. The number of aromatic nitrogens is 3. The number of alkyl halides is 3. The van der Waals surface area contributed by atoms with Crippen LogP contribution in [0.25, 0.3) is 0 Å². The van der Waals surface area contributed by atoms with Crippen LogP contribution in [0.4, 0.5) is 13.2 Å². The maximum Gasteiger partial charge on any atom is 0.391 e. The Bertz CT molecular complexity index is 599. The van der Waals surface area contributed by atoms with E-state index in [1.807, 2.05) is 0 Å². The third-order valence-corrected chi connectivity index (χ3v) is 4.79. The molecule has 1 aromatic heterocycles. The molecule has 2 atom stereocenters. The maximum atomic E-state index is 12.8. The predicted molar refractivity (Wildman–Crippen MR) is 64.8 cm³/mol. The molecule has 1 heterocycles. The standard InChI is InChI=1S/C10H13ClF3N3O2S/c1-17-8(15-16-9(17)20(11,18)19)6-3-2-4-7(5-6)10(12,13)14/h6-7H,2-5H2,1H3. The Morgan fingerprint density at radius 3 is 2.45 bits per heavy atom. The van der Waals surface area contributed by atoms with E-state index in [1.54, 1.807) is 0 Å². The minimum absolute atomic E-state index is 0.0957. The van der Waals surface area contributed by atoms with Crippen LogP contribution in [-0.2, 0) is 16.1 Å². The molecule has 0 radical (unpaired) electrons. The SMILES string of the molecule is Cn1c(C2CCCC(C(F)(F)F)C2)nnc1S(=O)(=O)Cl. The molecule has 1 saturated carbocycles. The van der Waals surface area contributed by atoms with Crippen LogP contribution in [0.1, 0.15) is 37.4 Å². The zero-order valence-electron chi connectivity index (χ0n) is 10.6. The van der Waals surface area contributed by atoms with Crippen molar-refractivity contribution < 1.29 is 21.6 Å². The third-order valence-electron chi connectivity index (χ3n) is 3.59. The molecule has 0 amide bonds. The van der Waals surface area contributed by atoms with Gasteiger partial charge in [0.05, 0.1) is 5.92 Å². The van der Waals surface area contributed by atoms with Crippen molar-refractivity contribution in [1.82, 2.24) is 14.8 Å². The number of nitrogens with zero attached hydrogens (tertiary/aromatic N) is 3. The Hall–Kier alpha value is -0.830. The van der Waals surface area contributed by atoms with Crippen molar-refractivity contribution >= 4 is 19.7 Å². The lowest BCUT2D eigenvalue weighted by Gasteiger charge is -2.29. The molecule has 114 valence electrons. The van der Waals surface area contributed by atoms with Gasteiger partial charge in [0.1, 0.15) is 5.82 Å². The van der Waals surface area contributed by atoms with Crippen molar-refractivity contribution in [3.8, 4) is 0 Å². The smallest absolute Gasteiger partial charge is 0.304 e. The van der Waals surface area contributed by atoms with Gasteiger partial charge in [-0.3, -0.25) is 0 Å². The molecule has 2 unspecified atom stereocenters. The Kier molecular flexibility index (Phi) is 4.03. The fourth-order valence-electron chi connectivity index (χ4n) is 2.62. The van der Waals surface area contributed by atoms with Gasteiger partial charge in [0.25, 0.3) is 14.2 Å². The topological polar surface area (TPSA) is 64.8 Å². The van der Waals surface area contributed by atoms with E-state index >= 15 is 0 Å². The highest BCUT2D eigenvalue weighted by molar-refractivity contribution is 8.13.